The molecule has 0 aliphatic rings. The third kappa shape index (κ3) is 2.42. The third-order valence-corrected chi connectivity index (χ3v) is 3.52. The molecule has 0 unspecified atom stereocenters. The van der Waals surface area contributed by atoms with Crippen molar-refractivity contribution >= 4 is 11.0 Å². The molecule has 0 fully saturated rings. The Kier molecular flexibility index (Phi) is 3.23. The summed E-state index contributed by atoms with van der Waals surface area (Å²) in [6, 6.07) is 14.7. The molecule has 0 aliphatic heterocycles. The van der Waals surface area contributed by atoms with Gasteiger partial charge in [-0.15, -0.1) is 0 Å². The minimum absolute atomic E-state index is 0.524. The molecule has 0 aliphatic carbocycles. The van der Waals surface area contributed by atoms with Crippen LogP contribution in [-0.2, 0) is 0 Å². The minimum Gasteiger partial charge on any atom is -0.255 e. The molecule has 100 valence electrons. The van der Waals surface area contributed by atoms with Crippen LogP contribution in [0.2, 0.25) is 0 Å². The van der Waals surface area contributed by atoms with Crippen molar-refractivity contribution < 1.29 is 0 Å². The minimum atomic E-state index is 0.524. The van der Waals surface area contributed by atoms with Gasteiger partial charge in [-0.2, -0.15) is 0 Å². The van der Waals surface area contributed by atoms with E-state index in [4.69, 9.17) is 4.98 Å². The molecule has 0 atom stereocenters. The Morgan fingerprint density at radius 1 is 0.950 bits per heavy atom. The highest BCUT2D eigenvalue weighted by molar-refractivity contribution is 5.77. The molecule has 0 saturated heterocycles. The molecule has 3 rings (SSSR count). The summed E-state index contributed by atoms with van der Waals surface area (Å²) < 4.78 is 0. The maximum Gasteiger partial charge on any atom is 0.0894 e. The Balaban J connectivity index is 2.15. The van der Waals surface area contributed by atoms with E-state index in [0.29, 0.717) is 5.92 Å². The normalized spacial score (nSPS) is 11.2. The molecule has 3 aromatic rings. The van der Waals surface area contributed by atoms with E-state index < -0.39 is 0 Å². The van der Waals surface area contributed by atoms with Crippen LogP contribution in [-0.4, -0.2) is 9.97 Å². The van der Waals surface area contributed by atoms with E-state index in [1.165, 1.54) is 16.7 Å². The van der Waals surface area contributed by atoms with Crippen molar-refractivity contribution in [3.63, 3.8) is 0 Å². The predicted molar refractivity (Wildman–Crippen MR) is 83.8 cm³/mol. The summed E-state index contributed by atoms with van der Waals surface area (Å²) in [4.78, 5) is 9.04. The molecule has 1 aromatic carbocycles. The lowest BCUT2D eigenvalue weighted by molar-refractivity contribution is 0.865. The number of fused-ring (bicyclic) bond motifs is 1. The van der Waals surface area contributed by atoms with Crippen LogP contribution < -0.4 is 0 Å². The first kappa shape index (κ1) is 12.8. The monoisotopic (exact) mass is 262 g/mol. The zero-order valence-corrected chi connectivity index (χ0v) is 12.1. The molecular weight excluding hydrogens is 244 g/mol. The molecule has 2 aromatic heterocycles. The van der Waals surface area contributed by atoms with E-state index >= 15 is 0 Å². The number of benzene rings is 1. The Labute approximate surface area is 119 Å². The van der Waals surface area contributed by atoms with Crippen LogP contribution >= 0.6 is 0 Å². The van der Waals surface area contributed by atoms with Crippen LogP contribution in [0, 0.1) is 6.92 Å². The van der Waals surface area contributed by atoms with Crippen molar-refractivity contribution in [2.24, 2.45) is 0 Å². The molecule has 0 amide bonds. The van der Waals surface area contributed by atoms with Crippen molar-refractivity contribution in [3.8, 4) is 11.3 Å². The lowest BCUT2D eigenvalue weighted by Crippen LogP contribution is -1.92. The van der Waals surface area contributed by atoms with Crippen LogP contribution in [0.25, 0.3) is 22.3 Å². The topological polar surface area (TPSA) is 25.8 Å². The van der Waals surface area contributed by atoms with Gasteiger partial charge in [0.25, 0.3) is 0 Å². The van der Waals surface area contributed by atoms with Gasteiger partial charge in [0.15, 0.2) is 0 Å². The summed E-state index contributed by atoms with van der Waals surface area (Å²) in [6.07, 6.45) is 1.80. The second-order valence-electron chi connectivity index (χ2n) is 5.53. The van der Waals surface area contributed by atoms with Crippen molar-refractivity contribution in [1.29, 1.82) is 0 Å². The molecule has 2 heterocycles. The molecule has 2 heteroatoms. The molecule has 0 saturated carbocycles. The predicted octanol–water partition coefficient (Wildman–Crippen LogP) is 4.73. The zero-order valence-electron chi connectivity index (χ0n) is 12.1. The van der Waals surface area contributed by atoms with E-state index in [1.807, 2.05) is 24.3 Å². The fraction of sp³-hybridized carbons (Fsp3) is 0.222. The Morgan fingerprint density at radius 3 is 2.60 bits per heavy atom. The van der Waals surface area contributed by atoms with Crippen molar-refractivity contribution in [1.82, 2.24) is 9.97 Å². The average molecular weight is 262 g/mol. The summed E-state index contributed by atoms with van der Waals surface area (Å²) in [5.74, 6) is 0.524. The van der Waals surface area contributed by atoms with E-state index in [9.17, 15) is 0 Å². The maximum atomic E-state index is 4.72. The third-order valence-electron chi connectivity index (χ3n) is 3.52. The first-order chi connectivity index (χ1) is 9.63. The zero-order chi connectivity index (χ0) is 14.1. The van der Waals surface area contributed by atoms with Gasteiger partial charge in [0, 0.05) is 11.8 Å². The van der Waals surface area contributed by atoms with Crippen LogP contribution in [0.1, 0.15) is 30.9 Å². The van der Waals surface area contributed by atoms with Gasteiger partial charge >= 0.3 is 0 Å². The van der Waals surface area contributed by atoms with Gasteiger partial charge in [0.2, 0.25) is 0 Å². The van der Waals surface area contributed by atoms with Gasteiger partial charge in [0.1, 0.15) is 0 Å². The van der Waals surface area contributed by atoms with Crippen molar-refractivity contribution in [3.05, 3.63) is 59.8 Å². The van der Waals surface area contributed by atoms with Gasteiger partial charge in [-0.25, -0.2) is 4.98 Å². The van der Waals surface area contributed by atoms with Crippen LogP contribution in [0.3, 0.4) is 0 Å². The molecule has 2 nitrogen and oxygen atoms in total. The smallest absolute Gasteiger partial charge is 0.0894 e. The van der Waals surface area contributed by atoms with Crippen LogP contribution in [0.5, 0.6) is 0 Å². The standard InChI is InChI=1S/C18H18N2/c1-12(2)14-9-13(3)10-15(11-14)16-6-7-17-18(20-16)5-4-8-19-17/h4-12H,1-3H3. The van der Waals surface area contributed by atoms with Crippen molar-refractivity contribution in [2.75, 3.05) is 0 Å². The highest BCUT2D eigenvalue weighted by Gasteiger charge is 2.06. The van der Waals surface area contributed by atoms with Crippen LogP contribution in [0.4, 0.5) is 0 Å². The van der Waals surface area contributed by atoms with E-state index in [-0.39, 0.29) is 0 Å². The van der Waals surface area contributed by atoms with E-state index in [1.54, 1.807) is 6.20 Å². The Bertz CT molecular complexity index is 760. The molecular formula is C18H18N2. The second-order valence-corrected chi connectivity index (χ2v) is 5.53. The first-order valence-corrected chi connectivity index (χ1v) is 6.97. The Hall–Kier alpha value is -2.22. The molecule has 0 bridgehead atoms. The summed E-state index contributed by atoms with van der Waals surface area (Å²) in [7, 11) is 0. The van der Waals surface area contributed by atoms with Gasteiger partial charge in [-0.1, -0.05) is 25.5 Å². The first-order valence-electron chi connectivity index (χ1n) is 6.97. The lowest BCUT2D eigenvalue weighted by atomic mass is 9.97. The number of aryl methyl sites for hydroxylation is 1. The van der Waals surface area contributed by atoms with E-state index in [2.05, 4.69) is 44.0 Å². The van der Waals surface area contributed by atoms with E-state index in [0.717, 1.165) is 16.7 Å². The fourth-order valence-corrected chi connectivity index (χ4v) is 2.41. The quantitative estimate of drug-likeness (QED) is 0.667. The molecule has 0 spiro atoms. The maximum absolute atomic E-state index is 4.72. The largest absolute Gasteiger partial charge is 0.255 e. The highest BCUT2D eigenvalue weighted by atomic mass is 14.8. The number of rotatable bonds is 2. The van der Waals surface area contributed by atoms with Gasteiger partial charge in [-0.05, 0) is 54.8 Å². The van der Waals surface area contributed by atoms with Gasteiger partial charge in [-0.3, -0.25) is 4.98 Å². The number of hydrogen-bond acceptors (Lipinski definition) is 2. The number of hydrogen-bond donors (Lipinski definition) is 0. The van der Waals surface area contributed by atoms with Crippen molar-refractivity contribution in [2.45, 2.75) is 26.7 Å². The molecule has 0 radical (unpaired) electrons. The molecule has 0 N–H and O–H groups in total. The SMILES string of the molecule is Cc1cc(-c2ccc3ncccc3n2)cc(C(C)C)c1. The second kappa shape index (κ2) is 5.04. The summed E-state index contributed by atoms with van der Waals surface area (Å²) in [6.45, 7) is 6.57. The summed E-state index contributed by atoms with van der Waals surface area (Å²) in [5, 5.41) is 0. The number of aromatic nitrogens is 2. The van der Waals surface area contributed by atoms with Gasteiger partial charge < -0.3 is 0 Å². The lowest BCUT2D eigenvalue weighted by Gasteiger charge is -2.10. The summed E-state index contributed by atoms with van der Waals surface area (Å²) >= 11 is 0. The Morgan fingerprint density at radius 2 is 1.80 bits per heavy atom. The van der Waals surface area contributed by atoms with Gasteiger partial charge in [0.05, 0.1) is 16.7 Å². The summed E-state index contributed by atoms with van der Waals surface area (Å²) in [5.41, 5.74) is 6.70. The highest BCUT2D eigenvalue weighted by Crippen LogP contribution is 2.25. The molecule has 20 heavy (non-hydrogen) atoms. The number of pyridine rings is 2. The average Bonchev–Trinajstić information content (AvgIpc) is 2.46. The number of nitrogens with zero attached hydrogens (tertiary/aromatic N) is 2. The van der Waals surface area contributed by atoms with Crippen LogP contribution in [0.15, 0.2) is 48.7 Å². The fourth-order valence-electron chi connectivity index (χ4n) is 2.41.